The molecule has 1 aromatic carbocycles. The summed E-state index contributed by atoms with van der Waals surface area (Å²) >= 11 is 0. The van der Waals surface area contributed by atoms with Gasteiger partial charge in [-0.2, -0.15) is 0 Å². The smallest absolute Gasteiger partial charge is 0.410 e. The molecule has 0 aliphatic carbocycles. The van der Waals surface area contributed by atoms with Crippen LogP contribution >= 0.6 is 0 Å². The molecule has 0 bridgehead atoms. The van der Waals surface area contributed by atoms with Gasteiger partial charge in [0.05, 0.1) is 6.54 Å². The average Bonchev–Trinajstić information content (AvgIpc) is 2.77. The molecule has 0 saturated carbocycles. The highest BCUT2D eigenvalue weighted by molar-refractivity contribution is 5.71. The first-order valence-corrected chi connectivity index (χ1v) is 8.90. The highest BCUT2D eigenvalue weighted by Gasteiger charge is 2.41. The maximum atomic E-state index is 12.3. The fourth-order valence-electron chi connectivity index (χ4n) is 3.46. The number of cyclic esters (lactones) is 1. The summed E-state index contributed by atoms with van der Waals surface area (Å²) in [6.45, 7) is 6.00. The van der Waals surface area contributed by atoms with Gasteiger partial charge in [-0.15, -0.1) is 0 Å². The van der Waals surface area contributed by atoms with Crippen molar-refractivity contribution in [3.63, 3.8) is 0 Å². The lowest BCUT2D eigenvalue weighted by Gasteiger charge is -2.25. The maximum absolute atomic E-state index is 12.3. The van der Waals surface area contributed by atoms with E-state index in [0.717, 1.165) is 24.8 Å². The molecule has 2 aliphatic heterocycles. The van der Waals surface area contributed by atoms with E-state index >= 15 is 0 Å². The lowest BCUT2D eigenvalue weighted by atomic mass is 10.1. The van der Waals surface area contributed by atoms with Crippen LogP contribution in [0.15, 0.2) is 30.3 Å². The van der Waals surface area contributed by atoms with E-state index < -0.39 is 5.60 Å². The number of nitrogens with zero attached hydrogens (tertiary/aromatic N) is 2. The van der Waals surface area contributed by atoms with Crippen LogP contribution in [0, 0.1) is 0 Å². The Labute approximate surface area is 148 Å². The molecule has 136 valence electrons. The van der Waals surface area contributed by atoms with E-state index in [0.29, 0.717) is 19.6 Å². The third-order valence-corrected chi connectivity index (χ3v) is 4.75. The number of ether oxygens (including phenoxy) is 2. The zero-order valence-corrected chi connectivity index (χ0v) is 14.9. The Bertz CT molecular complexity index is 617. The minimum Gasteiger partial charge on any atom is -0.445 e. The number of hydrogen-bond acceptors (Lipinski definition) is 4. The van der Waals surface area contributed by atoms with Crippen LogP contribution < -0.4 is 0 Å². The normalized spacial score (nSPS) is 23.1. The molecular weight excluding hydrogens is 320 g/mol. The van der Waals surface area contributed by atoms with Gasteiger partial charge in [0.15, 0.2) is 0 Å². The van der Waals surface area contributed by atoms with Gasteiger partial charge in [0.1, 0.15) is 12.2 Å². The molecule has 2 aliphatic rings. The maximum Gasteiger partial charge on any atom is 0.410 e. The van der Waals surface area contributed by atoms with Crippen LogP contribution in [0.4, 0.5) is 9.59 Å². The van der Waals surface area contributed by atoms with Crippen molar-refractivity contribution in [2.75, 3.05) is 19.6 Å². The summed E-state index contributed by atoms with van der Waals surface area (Å²) in [6, 6.07) is 9.79. The summed E-state index contributed by atoms with van der Waals surface area (Å²) in [6.07, 6.45) is 1.97. The van der Waals surface area contributed by atoms with Gasteiger partial charge in [-0.25, -0.2) is 9.59 Å². The van der Waals surface area contributed by atoms with Crippen molar-refractivity contribution in [3.8, 4) is 0 Å². The SMILES string of the molecule is CC1(C)CN(C2CCCN(C(=O)OCc3ccccc3)CC2)C(=O)O1. The minimum atomic E-state index is -0.433. The van der Waals surface area contributed by atoms with Crippen molar-refractivity contribution in [3.05, 3.63) is 35.9 Å². The first kappa shape index (κ1) is 17.6. The molecule has 6 nitrogen and oxygen atoms in total. The van der Waals surface area contributed by atoms with E-state index in [4.69, 9.17) is 9.47 Å². The molecular formula is C19H26N2O4. The van der Waals surface area contributed by atoms with Crippen molar-refractivity contribution >= 4 is 12.2 Å². The van der Waals surface area contributed by atoms with Gasteiger partial charge >= 0.3 is 12.2 Å². The first-order chi connectivity index (χ1) is 11.9. The second-order valence-electron chi connectivity index (χ2n) is 7.37. The van der Waals surface area contributed by atoms with Crippen molar-refractivity contribution in [2.24, 2.45) is 0 Å². The Hall–Kier alpha value is -2.24. The van der Waals surface area contributed by atoms with Gasteiger partial charge in [0.2, 0.25) is 0 Å². The van der Waals surface area contributed by atoms with Crippen LogP contribution in [0.25, 0.3) is 0 Å². The molecule has 0 N–H and O–H groups in total. The van der Waals surface area contributed by atoms with Crippen molar-refractivity contribution < 1.29 is 19.1 Å². The van der Waals surface area contributed by atoms with E-state index in [9.17, 15) is 9.59 Å². The molecule has 2 saturated heterocycles. The van der Waals surface area contributed by atoms with Crippen molar-refractivity contribution in [1.29, 1.82) is 0 Å². The topological polar surface area (TPSA) is 59.1 Å². The second kappa shape index (κ2) is 7.33. The lowest BCUT2D eigenvalue weighted by molar-refractivity contribution is 0.0852. The highest BCUT2D eigenvalue weighted by Crippen LogP contribution is 2.27. The molecule has 6 heteroatoms. The van der Waals surface area contributed by atoms with Crippen molar-refractivity contribution in [1.82, 2.24) is 9.80 Å². The summed E-state index contributed by atoms with van der Waals surface area (Å²) in [5.41, 5.74) is 0.545. The number of hydrogen-bond donors (Lipinski definition) is 0. The summed E-state index contributed by atoms with van der Waals surface area (Å²) in [5, 5.41) is 0. The van der Waals surface area contributed by atoms with Gasteiger partial charge in [-0.05, 0) is 38.7 Å². The van der Waals surface area contributed by atoms with Gasteiger partial charge in [-0.1, -0.05) is 30.3 Å². The van der Waals surface area contributed by atoms with Crippen LogP contribution in [0.3, 0.4) is 0 Å². The van der Waals surface area contributed by atoms with Gasteiger partial charge < -0.3 is 19.3 Å². The summed E-state index contributed by atoms with van der Waals surface area (Å²) in [4.78, 5) is 28.0. The summed E-state index contributed by atoms with van der Waals surface area (Å²) in [5.74, 6) is 0. The first-order valence-electron chi connectivity index (χ1n) is 8.90. The number of likely N-dealkylation sites (tertiary alicyclic amines) is 1. The predicted molar refractivity (Wildman–Crippen MR) is 93.1 cm³/mol. The zero-order chi connectivity index (χ0) is 17.9. The fourth-order valence-corrected chi connectivity index (χ4v) is 3.46. The Balaban J connectivity index is 1.51. The number of rotatable bonds is 3. The van der Waals surface area contributed by atoms with E-state index in [2.05, 4.69) is 0 Å². The van der Waals surface area contributed by atoms with Crippen LogP contribution in [0.1, 0.15) is 38.7 Å². The van der Waals surface area contributed by atoms with Gasteiger partial charge in [0, 0.05) is 19.1 Å². The molecule has 0 aromatic heterocycles. The highest BCUT2D eigenvalue weighted by atomic mass is 16.6. The van der Waals surface area contributed by atoms with Crippen LogP contribution in [-0.4, -0.2) is 53.3 Å². The molecule has 2 heterocycles. The molecule has 2 fully saturated rings. The molecule has 0 radical (unpaired) electrons. The van der Waals surface area contributed by atoms with Gasteiger partial charge in [0.25, 0.3) is 0 Å². The molecule has 0 spiro atoms. The van der Waals surface area contributed by atoms with Gasteiger partial charge in [-0.3, -0.25) is 0 Å². The molecule has 1 aromatic rings. The fraction of sp³-hybridized carbons (Fsp3) is 0.579. The Kier molecular flexibility index (Phi) is 5.16. The third-order valence-electron chi connectivity index (χ3n) is 4.75. The second-order valence-corrected chi connectivity index (χ2v) is 7.37. The Morgan fingerprint density at radius 2 is 2.00 bits per heavy atom. The average molecular weight is 346 g/mol. The van der Waals surface area contributed by atoms with Crippen LogP contribution in [0.2, 0.25) is 0 Å². The standard InChI is InChI=1S/C19H26N2O4/c1-19(2)14-21(18(23)25-19)16-9-6-11-20(12-10-16)17(22)24-13-15-7-4-3-5-8-15/h3-5,7-8,16H,6,9-14H2,1-2H3. The molecule has 2 amide bonds. The predicted octanol–water partition coefficient (Wildman–Crippen LogP) is 3.41. The zero-order valence-electron chi connectivity index (χ0n) is 14.9. The largest absolute Gasteiger partial charge is 0.445 e. The van der Waals surface area contributed by atoms with E-state index in [-0.39, 0.29) is 24.8 Å². The number of amides is 2. The quantitative estimate of drug-likeness (QED) is 0.841. The summed E-state index contributed by atoms with van der Waals surface area (Å²) in [7, 11) is 0. The van der Waals surface area contributed by atoms with Crippen LogP contribution in [-0.2, 0) is 16.1 Å². The van der Waals surface area contributed by atoms with Crippen LogP contribution in [0.5, 0.6) is 0 Å². The molecule has 25 heavy (non-hydrogen) atoms. The van der Waals surface area contributed by atoms with Crippen molar-refractivity contribution in [2.45, 2.75) is 51.4 Å². The molecule has 1 unspecified atom stereocenters. The number of carbonyl (C=O) groups excluding carboxylic acids is 2. The molecule has 1 atom stereocenters. The van der Waals surface area contributed by atoms with E-state index in [1.165, 1.54) is 0 Å². The number of carbonyl (C=O) groups is 2. The van der Waals surface area contributed by atoms with E-state index in [1.807, 2.05) is 49.1 Å². The molecule has 3 rings (SSSR count). The Morgan fingerprint density at radius 3 is 2.68 bits per heavy atom. The van der Waals surface area contributed by atoms with E-state index in [1.54, 1.807) is 4.90 Å². The minimum absolute atomic E-state index is 0.126. The Morgan fingerprint density at radius 1 is 1.24 bits per heavy atom. The lowest BCUT2D eigenvalue weighted by Crippen LogP contribution is -2.39. The third kappa shape index (κ3) is 4.44. The summed E-state index contributed by atoms with van der Waals surface area (Å²) < 4.78 is 10.8. The number of benzene rings is 1. The monoisotopic (exact) mass is 346 g/mol.